The molecule has 1 unspecified atom stereocenters. The summed E-state index contributed by atoms with van der Waals surface area (Å²) in [6.07, 6.45) is 3.77. The van der Waals surface area contributed by atoms with E-state index in [0.29, 0.717) is 23.0 Å². The van der Waals surface area contributed by atoms with Gasteiger partial charge in [0.25, 0.3) is 5.91 Å². The Morgan fingerprint density at radius 2 is 2.11 bits per heavy atom. The molecule has 10 heteroatoms. The monoisotopic (exact) mass is 371 g/mol. The zero-order chi connectivity index (χ0) is 18.8. The Kier molecular flexibility index (Phi) is 4.63. The molecule has 1 fully saturated rings. The third-order valence-corrected chi connectivity index (χ3v) is 4.61. The SMILES string of the molecule is COc1cc2nc(NC(=O)c3cn(C4CCCNC4)nn3)[nH]c2cc1OC. The zero-order valence-electron chi connectivity index (χ0n) is 15.2. The number of amides is 1. The van der Waals surface area contributed by atoms with Crippen molar-refractivity contribution in [1.29, 1.82) is 0 Å². The Morgan fingerprint density at radius 1 is 1.30 bits per heavy atom. The van der Waals surface area contributed by atoms with Gasteiger partial charge in [0.1, 0.15) is 0 Å². The van der Waals surface area contributed by atoms with Gasteiger partial charge in [-0.2, -0.15) is 0 Å². The molecule has 1 saturated heterocycles. The van der Waals surface area contributed by atoms with Crippen molar-refractivity contribution < 1.29 is 14.3 Å². The van der Waals surface area contributed by atoms with Gasteiger partial charge in [0.2, 0.25) is 5.95 Å². The summed E-state index contributed by atoms with van der Waals surface area (Å²) in [5, 5.41) is 14.1. The topological polar surface area (TPSA) is 119 Å². The Hall–Kier alpha value is -3.14. The summed E-state index contributed by atoms with van der Waals surface area (Å²) in [6, 6.07) is 3.73. The summed E-state index contributed by atoms with van der Waals surface area (Å²) in [5.74, 6) is 1.09. The molecule has 0 spiro atoms. The van der Waals surface area contributed by atoms with Gasteiger partial charge in [-0.05, 0) is 19.4 Å². The number of piperidine rings is 1. The van der Waals surface area contributed by atoms with Gasteiger partial charge in [0, 0.05) is 18.7 Å². The average molecular weight is 371 g/mol. The standard InChI is InChI=1S/C17H21N7O3/c1-26-14-6-11-12(7-15(14)27-2)20-17(19-11)21-16(25)13-9-24(23-22-13)10-4-3-5-18-8-10/h6-7,9-10,18H,3-5,8H2,1-2H3,(H2,19,20,21,25). The van der Waals surface area contributed by atoms with Crippen molar-refractivity contribution >= 4 is 22.9 Å². The first-order valence-electron chi connectivity index (χ1n) is 8.73. The molecular formula is C17H21N7O3. The van der Waals surface area contributed by atoms with Gasteiger partial charge in [0.15, 0.2) is 17.2 Å². The second-order valence-electron chi connectivity index (χ2n) is 6.35. The Labute approximate surface area is 155 Å². The van der Waals surface area contributed by atoms with Gasteiger partial charge in [-0.1, -0.05) is 5.21 Å². The Morgan fingerprint density at radius 3 is 2.85 bits per heavy atom. The fourth-order valence-electron chi connectivity index (χ4n) is 3.19. The van der Waals surface area contributed by atoms with Gasteiger partial charge < -0.3 is 19.8 Å². The third-order valence-electron chi connectivity index (χ3n) is 4.61. The number of H-pyrrole nitrogens is 1. The lowest BCUT2D eigenvalue weighted by molar-refractivity contribution is 0.102. The number of anilines is 1. The second kappa shape index (κ2) is 7.23. The summed E-state index contributed by atoms with van der Waals surface area (Å²) >= 11 is 0. The van der Waals surface area contributed by atoms with Crippen LogP contribution in [0.1, 0.15) is 29.4 Å². The molecule has 27 heavy (non-hydrogen) atoms. The van der Waals surface area contributed by atoms with Crippen molar-refractivity contribution in [2.75, 3.05) is 32.6 Å². The van der Waals surface area contributed by atoms with Crippen molar-refractivity contribution in [3.63, 3.8) is 0 Å². The van der Waals surface area contributed by atoms with Crippen LogP contribution in [0.3, 0.4) is 0 Å². The van der Waals surface area contributed by atoms with Crippen molar-refractivity contribution in [1.82, 2.24) is 30.3 Å². The van der Waals surface area contributed by atoms with Gasteiger partial charge in [-0.25, -0.2) is 9.67 Å². The number of fused-ring (bicyclic) bond motifs is 1. The number of methoxy groups -OCH3 is 2. The van der Waals surface area contributed by atoms with E-state index in [0.717, 1.165) is 31.4 Å². The number of hydrogen-bond donors (Lipinski definition) is 3. The molecule has 10 nitrogen and oxygen atoms in total. The highest BCUT2D eigenvalue weighted by molar-refractivity contribution is 6.02. The van der Waals surface area contributed by atoms with Crippen LogP contribution in [-0.4, -0.2) is 58.2 Å². The van der Waals surface area contributed by atoms with Crippen molar-refractivity contribution in [3.8, 4) is 11.5 Å². The number of nitrogens with zero attached hydrogens (tertiary/aromatic N) is 4. The van der Waals surface area contributed by atoms with Crippen LogP contribution < -0.4 is 20.1 Å². The minimum Gasteiger partial charge on any atom is -0.493 e. The number of imidazole rings is 1. The van der Waals surface area contributed by atoms with E-state index >= 15 is 0 Å². The van der Waals surface area contributed by atoms with E-state index in [2.05, 4.69) is 30.9 Å². The minimum atomic E-state index is -0.372. The fraction of sp³-hybridized carbons (Fsp3) is 0.412. The number of carbonyl (C=O) groups is 1. The molecule has 1 aliphatic rings. The molecule has 1 atom stereocenters. The molecule has 3 aromatic rings. The molecule has 3 N–H and O–H groups in total. The Bertz CT molecular complexity index is 918. The highest BCUT2D eigenvalue weighted by Gasteiger charge is 2.19. The van der Waals surface area contributed by atoms with Gasteiger partial charge in [-0.3, -0.25) is 10.1 Å². The fourth-order valence-corrected chi connectivity index (χ4v) is 3.19. The van der Waals surface area contributed by atoms with Crippen LogP contribution in [0.4, 0.5) is 5.95 Å². The highest BCUT2D eigenvalue weighted by atomic mass is 16.5. The molecule has 0 bridgehead atoms. The maximum Gasteiger partial charge on any atom is 0.280 e. The smallest absolute Gasteiger partial charge is 0.280 e. The molecule has 142 valence electrons. The van der Waals surface area contributed by atoms with Crippen LogP contribution >= 0.6 is 0 Å². The van der Waals surface area contributed by atoms with E-state index in [1.165, 1.54) is 0 Å². The number of nitrogens with one attached hydrogen (secondary N) is 3. The molecule has 1 amide bonds. The van der Waals surface area contributed by atoms with Crippen LogP contribution in [0, 0.1) is 0 Å². The van der Waals surface area contributed by atoms with Crippen LogP contribution in [0.15, 0.2) is 18.3 Å². The predicted molar refractivity (Wildman–Crippen MR) is 98.3 cm³/mol. The predicted octanol–water partition coefficient (Wildman–Crippen LogP) is 1.35. The van der Waals surface area contributed by atoms with E-state index in [9.17, 15) is 4.79 Å². The summed E-state index contributed by atoms with van der Waals surface area (Å²) in [7, 11) is 3.12. The number of carbonyl (C=O) groups excluding carboxylic acids is 1. The first-order valence-corrected chi connectivity index (χ1v) is 8.73. The number of aromatic nitrogens is 5. The number of benzene rings is 1. The molecule has 3 heterocycles. The molecular weight excluding hydrogens is 350 g/mol. The van der Waals surface area contributed by atoms with E-state index in [1.807, 2.05) is 0 Å². The number of ether oxygens (including phenoxy) is 2. The lowest BCUT2D eigenvalue weighted by atomic mass is 10.1. The average Bonchev–Trinajstić information content (AvgIpc) is 3.34. The van der Waals surface area contributed by atoms with E-state index in [-0.39, 0.29) is 17.6 Å². The second-order valence-corrected chi connectivity index (χ2v) is 6.35. The van der Waals surface area contributed by atoms with Crippen molar-refractivity contribution in [2.45, 2.75) is 18.9 Å². The third kappa shape index (κ3) is 3.43. The minimum absolute atomic E-state index is 0.221. The summed E-state index contributed by atoms with van der Waals surface area (Å²) in [5.41, 5.74) is 1.62. The summed E-state index contributed by atoms with van der Waals surface area (Å²) < 4.78 is 12.3. The van der Waals surface area contributed by atoms with E-state index < -0.39 is 0 Å². The molecule has 2 aromatic heterocycles. The van der Waals surface area contributed by atoms with Crippen LogP contribution in [0.5, 0.6) is 11.5 Å². The maximum absolute atomic E-state index is 12.5. The first kappa shape index (κ1) is 17.3. The highest BCUT2D eigenvalue weighted by Crippen LogP contribution is 2.31. The summed E-state index contributed by atoms with van der Waals surface area (Å²) in [4.78, 5) is 19.9. The first-order chi connectivity index (χ1) is 13.2. The maximum atomic E-state index is 12.5. The number of rotatable bonds is 5. The summed E-state index contributed by atoms with van der Waals surface area (Å²) in [6.45, 7) is 1.85. The van der Waals surface area contributed by atoms with Gasteiger partial charge in [0.05, 0.1) is 37.5 Å². The van der Waals surface area contributed by atoms with Crippen molar-refractivity contribution in [2.24, 2.45) is 0 Å². The zero-order valence-corrected chi connectivity index (χ0v) is 15.2. The van der Waals surface area contributed by atoms with E-state index in [4.69, 9.17) is 9.47 Å². The molecule has 1 aliphatic heterocycles. The molecule has 0 saturated carbocycles. The molecule has 1 aromatic carbocycles. The number of aromatic amines is 1. The molecule has 4 rings (SSSR count). The normalized spacial score (nSPS) is 17.0. The van der Waals surface area contributed by atoms with Gasteiger partial charge in [-0.15, -0.1) is 5.10 Å². The van der Waals surface area contributed by atoms with E-state index in [1.54, 1.807) is 37.2 Å². The quantitative estimate of drug-likeness (QED) is 0.619. The molecule has 0 radical (unpaired) electrons. The van der Waals surface area contributed by atoms with Gasteiger partial charge >= 0.3 is 0 Å². The lowest BCUT2D eigenvalue weighted by Gasteiger charge is -2.22. The number of hydrogen-bond acceptors (Lipinski definition) is 7. The van der Waals surface area contributed by atoms with Crippen LogP contribution in [0.2, 0.25) is 0 Å². The lowest BCUT2D eigenvalue weighted by Crippen LogP contribution is -2.31. The van der Waals surface area contributed by atoms with Crippen molar-refractivity contribution in [3.05, 3.63) is 24.0 Å². The Balaban J connectivity index is 1.51. The van der Waals surface area contributed by atoms with Crippen LogP contribution in [0.25, 0.3) is 11.0 Å². The largest absolute Gasteiger partial charge is 0.493 e. The van der Waals surface area contributed by atoms with Crippen LogP contribution in [-0.2, 0) is 0 Å². The molecule has 0 aliphatic carbocycles.